The highest BCUT2D eigenvalue weighted by Gasteiger charge is 2.32. The van der Waals surface area contributed by atoms with Crippen molar-refractivity contribution >= 4 is 17.9 Å². The molecule has 0 bridgehead atoms. The van der Waals surface area contributed by atoms with Crippen molar-refractivity contribution in [1.29, 1.82) is 0 Å². The van der Waals surface area contributed by atoms with Gasteiger partial charge in [-0.3, -0.25) is 9.10 Å². The highest BCUT2D eigenvalue weighted by molar-refractivity contribution is 7.96. The van der Waals surface area contributed by atoms with Crippen LogP contribution >= 0.6 is 11.9 Å². The molecule has 0 unspecified atom stereocenters. The summed E-state index contributed by atoms with van der Waals surface area (Å²) >= 11 is 1.67. The van der Waals surface area contributed by atoms with E-state index >= 15 is 0 Å². The second-order valence-electron chi connectivity index (χ2n) is 5.59. The number of hydrogen-bond acceptors (Lipinski definition) is 4. The minimum Gasteiger partial charge on any atom is -0.493 e. The van der Waals surface area contributed by atoms with Gasteiger partial charge in [-0.1, -0.05) is 11.9 Å². The highest BCUT2D eigenvalue weighted by atomic mass is 32.2. The maximum Gasteiger partial charge on any atom is 0.255 e. The van der Waals surface area contributed by atoms with Crippen LogP contribution in [0.3, 0.4) is 0 Å². The predicted molar refractivity (Wildman–Crippen MR) is 83.1 cm³/mol. The van der Waals surface area contributed by atoms with Crippen molar-refractivity contribution < 1.29 is 18.3 Å². The summed E-state index contributed by atoms with van der Waals surface area (Å²) in [7, 11) is 1.26. The zero-order chi connectivity index (χ0) is 16.3. The average Bonchev–Trinajstić information content (AvgIpc) is 2.47. The quantitative estimate of drug-likeness (QED) is 0.862. The number of rotatable bonds is 4. The molecule has 1 saturated heterocycles. The normalized spacial score (nSPS) is 18.0. The van der Waals surface area contributed by atoms with Crippen molar-refractivity contribution in [3.63, 3.8) is 0 Å². The summed E-state index contributed by atoms with van der Waals surface area (Å²) in [6.45, 7) is 3.66. The molecular weight excluding hydrogens is 310 g/mol. The molecule has 2 rings (SSSR count). The van der Waals surface area contributed by atoms with Crippen LogP contribution in [0.15, 0.2) is 12.1 Å². The van der Waals surface area contributed by atoms with Crippen LogP contribution in [0, 0.1) is 11.6 Å². The fraction of sp³-hybridized carbons (Fsp3) is 0.533. The molecule has 4 nitrogen and oxygen atoms in total. The molecule has 0 radical (unpaired) electrons. The lowest BCUT2D eigenvalue weighted by Crippen LogP contribution is -2.52. The fourth-order valence-corrected chi connectivity index (χ4v) is 3.11. The smallest absolute Gasteiger partial charge is 0.255 e. The molecule has 1 aliphatic rings. The third-order valence-electron chi connectivity index (χ3n) is 3.96. The van der Waals surface area contributed by atoms with Crippen molar-refractivity contribution in [1.82, 2.24) is 9.62 Å². The van der Waals surface area contributed by atoms with Gasteiger partial charge < -0.3 is 10.1 Å². The van der Waals surface area contributed by atoms with E-state index in [1.54, 1.807) is 11.9 Å². The highest BCUT2D eigenvalue weighted by Crippen LogP contribution is 2.28. The zero-order valence-electron chi connectivity index (χ0n) is 12.9. The van der Waals surface area contributed by atoms with Gasteiger partial charge in [0.05, 0.1) is 12.7 Å². The number of benzene rings is 1. The maximum absolute atomic E-state index is 13.7. The van der Waals surface area contributed by atoms with Crippen LogP contribution in [0.25, 0.3) is 0 Å². The van der Waals surface area contributed by atoms with E-state index in [1.165, 1.54) is 7.11 Å². The van der Waals surface area contributed by atoms with Crippen molar-refractivity contribution in [3.8, 4) is 5.75 Å². The molecule has 1 aromatic rings. The number of hydrogen-bond donors (Lipinski definition) is 1. The van der Waals surface area contributed by atoms with E-state index in [9.17, 15) is 13.6 Å². The molecule has 1 aromatic carbocycles. The van der Waals surface area contributed by atoms with Gasteiger partial charge in [-0.15, -0.1) is 0 Å². The molecule has 0 aromatic heterocycles. The van der Waals surface area contributed by atoms with Crippen molar-refractivity contribution in [3.05, 3.63) is 29.3 Å². The first-order chi connectivity index (χ1) is 10.4. The Morgan fingerprint density at radius 3 is 2.55 bits per heavy atom. The fourth-order valence-electron chi connectivity index (χ4n) is 2.57. The number of methoxy groups -OCH3 is 1. The SMILES string of the molecule is COc1c(F)cc(F)cc1C(=O)NC1(C)CCN(SC)CC1. The lowest BCUT2D eigenvalue weighted by molar-refractivity contribution is 0.0869. The van der Waals surface area contributed by atoms with E-state index in [4.69, 9.17) is 4.74 Å². The summed E-state index contributed by atoms with van der Waals surface area (Å²) in [6.07, 6.45) is 3.57. The molecule has 1 amide bonds. The van der Waals surface area contributed by atoms with Gasteiger partial charge in [0.15, 0.2) is 11.6 Å². The largest absolute Gasteiger partial charge is 0.493 e. The Kier molecular flexibility index (Phi) is 5.28. The number of amides is 1. The summed E-state index contributed by atoms with van der Waals surface area (Å²) in [5.74, 6) is -2.43. The van der Waals surface area contributed by atoms with Gasteiger partial charge in [0.2, 0.25) is 0 Å². The van der Waals surface area contributed by atoms with Gasteiger partial charge in [0.25, 0.3) is 5.91 Å². The van der Waals surface area contributed by atoms with Gasteiger partial charge in [0.1, 0.15) is 5.82 Å². The Labute approximate surface area is 133 Å². The molecule has 22 heavy (non-hydrogen) atoms. The maximum atomic E-state index is 13.7. The van der Waals surface area contributed by atoms with Crippen molar-refractivity contribution in [2.45, 2.75) is 25.3 Å². The molecular formula is C15H20F2N2O2S. The first-order valence-corrected chi connectivity index (χ1v) is 8.21. The summed E-state index contributed by atoms with van der Waals surface area (Å²) in [6, 6.07) is 1.70. The van der Waals surface area contributed by atoms with E-state index < -0.39 is 23.1 Å². The second-order valence-corrected chi connectivity index (χ2v) is 6.48. The standard InChI is InChI=1S/C15H20F2N2O2S/c1-15(4-6-19(22-3)7-5-15)18-14(20)11-8-10(16)9-12(17)13(11)21-2/h8-9H,4-7H2,1-3H3,(H,18,20). The van der Waals surface area contributed by atoms with Crippen LogP contribution in [0.4, 0.5) is 8.78 Å². The number of carbonyl (C=O) groups is 1. The van der Waals surface area contributed by atoms with Gasteiger partial charge in [-0.2, -0.15) is 0 Å². The molecule has 1 N–H and O–H groups in total. The zero-order valence-corrected chi connectivity index (χ0v) is 13.7. The molecule has 0 aliphatic carbocycles. The van der Waals surface area contributed by atoms with Gasteiger partial charge in [-0.05, 0) is 32.1 Å². The predicted octanol–water partition coefficient (Wildman–Crippen LogP) is 2.84. The van der Waals surface area contributed by atoms with Crippen molar-refractivity contribution in [2.75, 3.05) is 26.5 Å². The second kappa shape index (κ2) is 6.83. The Hall–Kier alpha value is -1.34. The van der Waals surface area contributed by atoms with Gasteiger partial charge in [0, 0.05) is 24.7 Å². The lowest BCUT2D eigenvalue weighted by Gasteiger charge is -2.39. The minimum atomic E-state index is -0.880. The van der Waals surface area contributed by atoms with E-state index in [0.29, 0.717) is 6.07 Å². The number of halogens is 2. The van der Waals surface area contributed by atoms with E-state index in [0.717, 1.165) is 32.0 Å². The third kappa shape index (κ3) is 3.70. The first-order valence-electron chi connectivity index (χ1n) is 7.03. The molecule has 122 valence electrons. The molecule has 1 aliphatic heterocycles. The topological polar surface area (TPSA) is 41.6 Å². The Balaban J connectivity index is 2.16. The molecule has 0 atom stereocenters. The van der Waals surface area contributed by atoms with Crippen LogP contribution in [0.1, 0.15) is 30.1 Å². The monoisotopic (exact) mass is 330 g/mol. The van der Waals surface area contributed by atoms with Crippen LogP contribution in [-0.2, 0) is 0 Å². The number of nitrogens with one attached hydrogen (secondary N) is 1. The third-order valence-corrected chi connectivity index (χ3v) is 4.84. The number of nitrogens with zero attached hydrogens (tertiary/aromatic N) is 1. The molecule has 1 heterocycles. The molecule has 1 fully saturated rings. The van der Waals surface area contributed by atoms with Gasteiger partial charge >= 0.3 is 0 Å². The molecule has 7 heteroatoms. The first kappa shape index (κ1) is 17.0. The van der Waals surface area contributed by atoms with Gasteiger partial charge in [-0.25, -0.2) is 8.78 Å². The Morgan fingerprint density at radius 1 is 1.36 bits per heavy atom. The summed E-state index contributed by atoms with van der Waals surface area (Å²) in [5.41, 5.74) is -0.509. The van der Waals surface area contributed by atoms with E-state index in [2.05, 4.69) is 9.62 Å². The number of piperidine rings is 1. The minimum absolute atomic E-state index is 0.117. The number of ether oxygens (including phenoxy) is 1. The number of carbonyl (C=O) groups excluding carboxylic acids is 1. The van der Waals surface area contributed by atoms with Crippen LogP contribution < -0.4 is 10.1 Å². The Morgan fingerprint density at radius 2 is 2.00 bits per heavy atom. The summed E-state index contributed by atoms with van der Waals surface area (Å²) in [4.78, 5) is 12.4. The van der Waals surface area contributed by atoms with E-state index in [1.807, 2.05) is 13.2 Å². The summed E-state index contributed by atoms with van der Waals surface area (Å²) < 4.78 is 34.2. The molecule has 0 spiro atoms. The van der Waals surface area contributed by atoms with E-state index in [-0.39, 0.29) is 11.3 Å². The lowest BCUT2D eigenvalue weighted by atomic mass is 9.90. The van der Waals surface area contributed by atoms with Crippen LogP contribution in [-0.4, -0.2) is 42.2 Å². The average molecular weight is 330 g/mol. The van der Waals surface area contributed by atoms with Crippen molar-refractivity contribution in [2.24, 2.45) is 0 Å². The Bertz CT molecular complexity index is 561. The molecule has 0 saturated carbocycles. The summed E-state index contributed by atoms with van der Waals surface area (Å²) in [5, 5.41) is 2.90. The van der Waals surface area contributed by atoms with Crippen LogP contribution in [0.2, 0.25) is 0 Å². The van der Waals surface area contributed by atoms with Crippen LogP contribution in [0.5, 0.6) is 5.75 Å².